The van der Waals surface area contributed by atoms with Crippen molar-refractivity contribution in [1.82, 2.24) is 9.97 Å². The number of rotatable bonds is 4. The van der Waals surface area contributed by atoms with Gasteiger partial charge in [-0.2, -0.15) is 0 Å². The summed E-state index contributed by atoms with van der Waals surface area (Å²) in [6.07, 6.45) is 4.95. The number of imidazole rings is 1. The predicted octanol–water partition coefficient (Wildman–Crippen LogP) is 0.817. The highest BCUT2D eigenvalue weighted by Gasteiger charge is 1.97. The lowest BCUT2D eigenvalue weighted by Crippen LogP contribution is -1.95. The maximum absolute atomic E-state index is 10.1. The second-order valence-corrected chi connectivity index (χ2v) is 2.32. The van der Waals surface area contributed by atoms with Crippen LogP contribution in [-0.4, -0.2) is 21.0 Å². The van der Waals surface area contributed by atoms with E-state index in [-0.39, 0.29) is 6.42 Å². The summed E-state index contributed by atoms with van der Waals surface area (Å²) in [7, 11) is 0. The third-order valence-electron chi connectivity index (χ3n) is 1.39. The fourth-order valence-electron chi connectivity index (χ4n) is 0.851. The number of aliphatic carboxylic acids is 1. The monoisotopic (exact) mass is 154 g/mol. The van der Waals surface area contributed by atoms with Gasteiger partial charge in [0.2, 0.25) is 0 Å². The number of aromatic amines is 1. The first-order valence-corrected chi connectivity index (χ1v) is 3.48. The fraction of sp³-hybridized carbons (Fsp3) is 0.429. The van der Waals surface area contributed by atoms with Gasteiger partial charge in [-0.25, -0.2) is 4.98 Å². The van der Waals surface area contributed by atoms with Crippen LogP contribution in [0.5, 0.6) is 0 Å². The minimum atomic E-state index is -0.746. The molecule has 1 aromatic heterocycles. The number of carboxylic acids is 1. The van der Waals surface area contributed by atoms with Crippen LogP contribution >= 0.6 is 0 Å². The van der Waals surface area contributed by atoms with E-state index < -0.39 is 5.97 Å². The van der Waals surface area contributed by atoms with Gasteiger partial charge in [0, 0.05) is 18.3 Å². The number of hydrogen-bond acceptors (Lipinski definition) is 2. The average Bonchev–Trinajstić information content (AvgIpc) is 2.39. The summed E-state index contributed by atoms with van der Waals surface area (Å²) in [5.41, 5.74) is 0.992. The molecule has 0 aliphatic rings. The molecule has 0 fully saturated rings. The van der Waals surface area contributed by atoms with Crippen LogP contribution in [0.15, 0.2) is 12.5 Å². The number of aromatic nitrogens is 2. The highest BCUT2D eigenvalue weighted by atomic mass is 16.4. The van der Waals surface area contributed by atoms with Crippen molar-refractivity contribution in [2.75, 3.05) is 0 Å². The van der Waals surface area contributed by atoms with E-state index in [0.29, 0.717) is 6.42 Å². The largest absolute Gasteiger partial charge is 0.481 e. The van der Waals surface area contributed by atoms with Gasteiger partial charge in [0.1, 0.15) is 0 Å². The Morgan fingerprint density at radius 3 is 3.09 bits per heavy atom. The standard InChI is InChI=1S/C7H10N2O2/c10-7(11)3-1-2-6-4-8-5-9-6/h4-5H,1-3H2,(H,8,9)(H,10,11). The van der Waals surface area contributed by atoms with E-state index in [1.54, 1.807) is 12.5 Å². The lowest BCUT2D eigenvalue weighted by atomic mass is 10.2. The maximum Gasteiger partial charge on any atom is 0.303 e. The van der Waals surface area contributed by atoms with E-state index in [1.807, 2.05) is 0 Å². The van der Waals surface area contributed by atoms with E-state index in [4.69, 9.17) is 5.11 Å². The van der Waals surface area contributed by atoms with E-state index in [9.17, 15) is 4.79 Å². The Morgan fingerprint density at radius 1 is 1.73 bits per heavy atom. The summed E-state index contributed by atoms with van der Waals surface area (Å²) in [5.74, 6) is -0.746. The molecule has 4 heteroatoms. The molecular formula is C7H10N2O2. The van der Waals surface area contributed by atoms with Gasteiger partial charge in [0.25, 0.3) is 0 Å². The Kier molecular flexibility index (Phi) is 2.66. The number of aryl methyl sites for hydroxylation is 1. The Morgan fingerprint density at radius 2 is 2.55 bits per heavy atom. The molecule has 0 amide bonds. The molecule has 0 spiro atoms. The number of carbonyl (C=O) groups is 1. The number of nitrogens with zero attached hydrogens (tertiary/aromatic N) is 1. The summed E-state index contributed by atoms with van der Waals surface area (Å²) < 4.78 is 0. The predicted molar refractivity (Wildman–Crippen MR) is 39.2 cm³/mol. The van der Waals surface area contributed by atoms with Gasteiger partial charge in [-0.05, 0) is 12.8 Å². The zero-order chi connectivity index (χ0) is 8.10. The van der Waals surface area contributed by atoms with Crippen LogP contribution in [-0.2, 0) is 11.2 Å². The van der Waals surface area contributed by atoms with Crippen molar-refractivity contribution >= 4 is 5.97 Å². The van der Waals surface area contributed by atoms with E-state index in [0.717, 1.165) is 12.1 Å². The van der Waals surface area contributed by atoms with Gasteiger partial charge >= 0.3 is 5.97 Å². The third-order valence-corrected chi connectivity index (χ3v) is 1.39. The molecule has 0 radical (unpaired) electrons. The molecular weight excluding hydrogens is 144 g/mol. The molecule has 0 unspecified atom stereocenters. The zero-order valence-electron chi connectivity index (χ0n) is 6.08. The Labute approximate surface area is 64.3 Å². The Hall–Kier alpha value is -1.32. The number of nitrogens with one attached hydrogen (secondary N) is 1. The molecule has 4 nitrogen and oxygen atoms in total. The second-order valence-electron chi connectivity index (χ2n) is 2.32. The van der Waals surface area contributed by atoms with Crippen molar-refractivity contribution in [2.45, 2.75) is 19.3 Å². The molecule has 0 bridgehead atoms. The summed E-state index contributed by atoms with van der Waals surface area (Å²) in [4.78, 5) is 16.8. The van der Waals surface area contributed by atoms with Gasteiger partial charge in [0.05, 0.1) is 6.33 Å². The first-order chi connectivity index (χ1) is 5.29. The van der Waals surface area contributed by atoms with Gasteiger partial charge in [-0.1, -0.05) is 0 Å². The van der Waals surface area contributed by atoms with Crippen molar-refractivity contribution in [3.63, 3.8) is 0 Å². The minimum absolute atomic E-state index is 0.221. The number of hydrogen-bond donors (Lipinski definition) is 2. The molecule has 1 heterocycles. The van der Waals surface area contributed by atoms with Gasteiger partial charge in [-0.15, -0.1) is 0 Å². The van der Waals surface area contributed by atoms with Crippen LogP contribution in [0.2, 0.25) is 0 Å². The van der Waals surface area contributed by atoms with Crippen molar-refractivity contribution in [2.24, 2.45) is 0 Å². The molecule has 0 saturated carbocycles. The van der Waals surface area contributed by atoms with Crippen LogP contribution in [0, 0.1) is 0 Å². The highest BCUT2D eigenvalue weighted by Crippen LogP contribution is 1.99. The van der Waals surface area contributed by atoms with Gasteiger partial charge < -0.3 is 10.1 Å². The van der Waals surface area contributed by atoms with E-state index in [1.165, 1.54) is 0 Å². The number of H-pyrrole nitrogens is 1. The molecule has 0 aliphatic carbocycles. The Bertz CT molecular complexity index is 218. The van der Waals surface area contributed by atoms with Gasteiger partial charge in [0.15, 0.2) is 0 Å². The van der Waals surface area contributed by atoms with Crippen molar-refractivity contribution in [1.29, 1.82) is 0 Å². The Balaban J connectivity index is 2.19. The normalized spacial score (nSPS) is 9.82. The smallest absolute Gasteiger partial charge is 0.303 e. The fourth-order valence-corrected chi connectivity index (χ4v) is 0.851. The molecule has 11 heavy (non-hydrogen) atoms. The van der Waals surface area contributed by atoms with Crippen LogP contribution in [0.3, 0.4) is 0 Å². The molecule has 60 valence electrons. The average molecular weight is 154 g/mol. The molecule has 1 aromatic rings. The second kappa shape index (κ2) is 3.75. The zero-order valence-corrected chi connectivity index (χ0v) is 6.08. The van der Waals surface area contributed by atoms with Crippen molar-refractivity contribution in [3.05, 3.63) is 18.2 Å². The summed E-state index contributed by atoms with van der Waals surface area (Å²) in [6.45, 7) is 0. The van der Waals surface area contributed by atoms with E-state index >= 15 is 0 Å². The van der Waals surface area contributed by atoms with Crippen molar-refractivity contribution < 1.29 is 9.90 Å². The molecule has 2 N–H and O–H groups in total. The quantitative estimate of drug-likeness (QED) is 0.674. The van der Waals surface area contributed by atoms with Crippen LogP contribution < -0.4 is 0 Å². The first kappa shape index (κ1) is 7.78. The molecule has 0 atom stereocenters. The summed E-state index contributed by atoms with van der Waals surface area (Å²) >= 11 is 0. The van der Waals surface area contributed by atoms with Crippen LogP contribution in [0.4, 0.5) is 0 Å². The SMILES string of the molecule is O=C(O)CCCc1cnc[nH]1. The molecule has 0 aliphatic heterocycles. The topological polar surface area (TPSA) is 66.0 Å². The maximum atomic E-state index is 10.1. The summed E-state index contributed by atoms with van der Waals surface area (Å²) in [6, 6.07) is 0. The van der Waals surface area contributed by atoms with Crippen LogP contribution in [0.25, 0.3) is 0 Å². The minimum Gasteiger partial charge on any atom is -0.481 e. The number of carboxylic acid groups (broad SMARTS) is 1. The molecule has 0 saturated heterocycles. The molecule has 1 rings (SSSR count). The van der Waals surface area contributed by atoms with Gasteiger partial charge in [-0.3, -0.25) is 4.79 Å². The summed E-state index contributed by atoms with van der Waals surface area (Å²) in [5, 5.41) is 8.32. The lowest BCUT2D eigenvalue weighted by Gasteiger charge is -1.92. The third kappa shape index (κ3) is 2.84. The van der Waals surface area contributed by atoms with E-state index in [2.05, 4.69) is 9.97 Å². The van der Waals surface area contributed by atoms with Crippen LogP contribution in [0.1, 0.15) is 18.5 Å². The first-order valence-electron chi connectivity index (χ1n) is 3.48. The highest BCUT2D eigenvalue weighted by molar-refractivity contribution is 5.66. The van der Waals surface area contributed by atoms with Crippen molar-refractivity contribution in [3.8, 4) is 0 Å². The lowest BCUT2D eigenvalue weighted by molar-refractivity contribution is -0.137. The molecule has 0 aromatic carbocycles.